The minimum Gasteiger partial charge on any atom is -0.294 e. The van der Waals surface area contributed by atoms with E-state index in [4.69, 9.17) is 0 Å². The summed E-state index contributed by atoms with van der Waals surface area (Å²) in [7, 11) is 0. The lowest BCUT2D eigenvalue weighted by Crippen LogP contribution is -2.18. The second-order valence-electron chi connectivity index (χ2n) is 4.75. The summed E-state index contributed by atoms with van der Waals surface area (Å²) < 4.78 is 38.1. The van der Waals surface area contributed by atoms with Gasteiger partial charge in [0.05, 0.1) is 11.2 Å². The van der Waals surface area contributed by atoms with Crippen molar-refractivity contribution in [1.29, 1.82) is 0 Å². The molecular formula is C14H10F3N5O. The lowest BCUT2D eigenvalue weighted by molar-refractivity contribution is -0.141. The molecule has 0 spiro atoms. The topological polar surface area (TPSA) is 83.6 Å². The fourth-order valence-corrected chi connectivity index (χ4v) is 2.06. The molecule has 3 aromatic rings. The summed E-state index contributed by atoms with van der Waals surface area (Å²) in [6.45, 7) is 1.75. The number of nitrogens with zero attached hydrogens (tertiary/aromatic N) is 3. The van der Waals surface area contributed by atoms with Gasteiger partial charge in [-0.3, -0.25) is 15.1 Å². The van der Waals surface area contributed by atoms with Crippen LogP contribution in [0.3, 0.4) is 0 Å². The lowest BCUT2D eigenvalue weighted by atomic mass is 10.2. The standard InChI is InChI=1S/C14H10F3N5O/c1-7-8-4-2-3-5-9(8)19-12(18-7)22-13-20-10(14(15,16)17)6-11(23)21-13/h2-6H,1H3,(H2,18,19,20,21,22,23). The van der Waals surface area contributed by atoms with Gasteiger partial charge in [0.25, 0.3) is 5.56 Å². The van der Waals surface area contributed by atoms with Crippen molar-refractivity contribution in [2.75, 3.05) is 5.32 Å². The number of nitrogens with one attached hydrogen (secondary N) is 2. The fourth-order valence-electron chi connectivity index (χ4n) is 2.06. The number of aromatic nitrogens is 4. The van der Waals surface area contributed by atoms with Crippen LogP contribution in [0, 0.1) is 6.92 Å². The van der Waals surface area contributed by atoms with Gasteiger partial charge in [0, 0.05) is 11.5 Å². The molecule has 118 valence electrons. The van der Waals surface area contributed by atoms with Gasteiger partial charge in [-0.15, -0.1) is 0 Å². The Balaban J connectivity index is 2.02. The maximum atomic E-state index is 12.7. The lowest BCUT2D eigenvalue weighted by Gasteiger charge is -2.09. The summed E-state index contributed by atoms with van der Waals surface area (Å²) in [5, 5.41) is 3.32. The molecule has 0 aliphatic rings. The highest BCUT2D eigenvalue weighted by atomic mass is 19.4. The monoisotopic (exact) mass is 321 g/mol. The zero-order valence-electron chi connectivity index (χ0n) is 11.8. The summed E-state index contributed by atoms with van der Waals surface area (Å²) in [4.78, 5) is 25.2. The largest absolute Gasteiger partial charge is 0.433 e. The Bertz CT molecular complexity index is 936. The number of aryl methyl sites for hydroxylation is 1. The van der Waals surface area contributed by atoms with Crippen LogP contribution in [0.2, 0.25) is 0 Å². The van der Waals surface area contributed by atoms with Crippen LogP contribution in [0.25, 0.3) is 10.9 Å². The molecule has 0 bridgehead atoms. The van der Waals surface area contributed by atoms with Crippen LogP contribution in [-0.4, -0.2) is 19.9 Å². The summed E-state index contributed by atoms with van der Waals surface area (Å²) in [6, 6.07) is 7.58. The predicted molar refractivity (Wildman–Crippen MR) is 77.4 cm³/mol. The zero-order valence-corrected chi connectivity index (χ0v) is 11.8. The molecule has 0 saturated carbocycles. The van der Waals surface area contributed by atoms with Gasteiger partial charge in [-0.2, -0.15) is 13.2 Å². The van der Waals surface area contributed by atoms with Gasteiger partial charge in [0.1, 0.15) is 0 Å². The van der Waals surface area contributed by atoms with E-state index in [1.807, 2.05) is 12.1 Å². The normalized spacial score (nSPS) is 11.7. The van der Waals surface area contributed by atoms with Gasteiger partial charge >= 0.3 is 6.18 Å². The molecule has 2 heterocycles. The Kier molecular flexibility index (Phi) is 3.47. The van der Waals surface area contributed by atoms with Crippen molar-refractivity contribution in [3.05, 3.63) is 52.1 Å². The fraction of sp³-hybridized carbons (Fsp3) is 0.143. The molecule has 1 aromatic carbocycles. The van der Waals surface area contributed by atoms with Crippen LogP contribution in [0.1, 0.15) is 11.4 Å². The number of halogens is 3. The van der Waals surface area contributed by atoms with Gasteiger partial charge in [0.2, 0.25) is 11.9 Å². The molecule has 23 heavy (non-hydrogen) atoms. The Morgan fingerprint density at radius 3 is 2.61 bits per heavy atom. The maximum Gasteiger partial charge on any atom is 0.433 e. The second kappa shape index (κ2) is 5.34. The molecule has 0 radical (unpaired) electrons. The minimum atomic E-state index is -4.72. The molecule has 2 aromatic heterocycles. The highest BCUT2D eigenvalue weighted by Crippen LogP contribution is 2.27. The Morgan fingerprint density at radius 1 is 1.13 bits per heavy atom. The first-order valence-electron chi connectivity index (χ1n) is 6.52. The number of fused-ring (bicyclic) bond motifs is 1. The molecule has 0 atom stereocenters. The number of para-hydroxylation sites is 1. The number of hydrogen-bond acceptors (Lipinski definition) is 5. The van der Waals surface area contributed by atoms with E-state index < -0.39 is 17.4 Å². The molecule has 9 heteroatoms. The van der Waals surface area contributed by atoms with E-state index >= 15 is 0 Å². The van der Waals surface area contributed by atoms with Crippen molar-refractivity contribution in [3.8, 4) is 0 Å². The van der Waals surface area contributed by atoms with Gasteiger partial charge in [-0.25, -0.2) is 15.0 Å². The molecule has 0 fully saturated rings. The zero-order chi connectivity index (χ0) is 16.6. The number of benzene rings is 1. The van der Waals surface area contributed by atoms with E-state index in [0.29, 0.717) is 17.3 Å². The first-order chi connectivity index (χ1) is 10.8. The third kappa shape index (κ3) is 3.12. The number of hydrogen-bond donors (Lipinski definition) is 2. The third-order valence-corrected chi connectivity index (χ3v) is 3.06. The first kappa shape index (κ1) is 14.9. The van der Waals surface area contributed by atoms with Crippen molar-refractivity contribution in [1.82, 2.24) is 19.9 Å². The Labute approximate surface area is 127 Å². The molecule has 0 aliphatic heterocycles. The van der Waals surface area contributed by atoms with Crippen molar-refractivity contribution in [2.24, 2.45) is 0 Å². The molecule has 0 unspecified atom stereocenters. The number of aromatic amines is 1. The predicted octanol–water partition coefficient (Wildman–Crippen LogP) is 2.78. The molecule has 6 nitrogen and oxygen atoms in total. The summed E-state index contributed by atoms with van der Waals surface area (Å²) in [6.07, 6.45) is -4.72. The van der Waals surface area contributed by atoms with Crippen LogP contribution in [0.4, 0.5) is 25.1 Å². The number of anilines is 2. The van der Waals surface area contributed by atoms with Crippen molar-refractivity contribution < 1.29 is 13.2 Å². The van der Waals surface area contributed by atoms with Gasteiger partial charge in [-0.1, -0.05) is 18.2 Å². The summed E-state index contributed by atoms with van der Waals surface area (Å²) in [5.41, 5.74) is -0.946. The van der Waals surface area contributed by atoms with Crippen LogP contribution < -0.4 is 10.9 Å². The average molecular weight is 321 g/mol. The SMILES string of the molecule is Cc1nc(Nc2nc(C(F)(F)F)cc(=O)[nH]2)nc2ccccc12. The average Bonchev–Trinajstić information content (AvgIpc) is 2.46. The molecule has 2 N–H and O–H groups in total. The van der Waals surface area contributed by atoms with Gasteiger partial charge < -0.3 is 0 Å². The second-order valence-corrected chi connectivity index (χ2v) is 4.75. The highest BCUT2D eigenvalue weighted by molar-refractivity contribution is 5.81. The molecule has 0 amide bonds. The number of H-pyrrole nitrogens is 1. The van der Waals surface area contributed by atoms with Gasteiger partial charge in [0.15, 0.2) is 5.69 Å². The minimum absolute atomic E-state index is 0.0451. The van der Waals surface area contributed by atoms with Crippen molar-refractivity contribution >= 4 is 22.8 Å². The van der Waals surface area contributed by atoms with E-state index in [9.17, 15) is 18.0 Å². The number of rotatable bonds is 2. The van der Waals surface area contributed by atoms with E-state index in [1.165, 1.54) is 0 Å². The third-order valence-electron chi connectivity index (χ3n) is 3.06. The Hall–Kier alpha value is -2.97. The molecule has 0 aliphatic carbocycles. The summed E-state index contributed by atoms with van der Waals surface area (Å²) >= 11 is 0. The Morgan fingerprint density at radius 2 is 1.87 bits per heavy atom. The number of alkyl halides is 3. The molecule has 0 saturated heterocycles. The van der Waals surface area contributed by atoms with Crippen LogP contribution >= 0.6 is 0 Å². The van der Waals surface area contributed by atoms with Crippen molar-refractivity contribution in [3.63, 3.8) is 0 Å². The van der Waals surface area contributed by atoms with Crippen molar-refractivity contribution in [2.45, 2.75) is 13.1 Å². The highest BCUT2D eigenvalue weighted by Gasteiger charge is 2.33. The maximum absolute atomic E-state index is 12.7. The quantitative estimate of drug-likeness (QED) is 0.758. The van der Waals surface area contributed by atoms with E-state index in [0.717, 1.165) is 5.39 Å². The summed E-state index contributed by atoms with van der Waals surface area (Å²) in [5.74, 6) is -0.330. The van der Waals surface area contributed by atoms with Crippen LogP contribution in [0.5, 0.6) is 0 Å². The van der Waals surface area contributed by atoms with E-state index in [2.05, 4.69) is 25.3 Å². The first-order valence-corrected chi connectivity index (χ1v) is 6.52. The smallest absolute Gasteiger partial charge is 0.294 e. The molecule has 3 rings (SSSR count). The molecular weight excluding hydrogens is 311 g/mol. The van der Waals surface area contributed by atoms with Gasteiger partial charge in [-0.05, 0) is 13.0 Å². The van der Waals surface area contributed by atoms with E-state index in [1.54, 1.807) is 19.1 Å². The van der Waals surface area contributed by atoms with Crippen LogP contribution in [-0.2, 0) is 6.18 Å². The van der Waals surface area contributed by atoms with E-state index in [-0.39, 0.29) is 11.9 Å². The van der Waals surface area contributed by atoms with Crippen LogP contribution in [0.15, 0.2) is 35.1 Å².